The fourth-order valence-corrected chi connectivity index (χ4v) is 3.11. The van der Waals surface area contributed by atoms with Crippen molar-refractivity contribution in [3.05, 3.63) is 0 Å². The molecule has 132 valence electrons. The molecule has 0 spiro atoms. The van der Waals surface area contributed by atoms with Crippen molar-refractivity contribution in [3.8, 4) is 0 Å². The van der Waals surface area contributed by atoms with Crippen LogP contribution >= 0.6 is 0 Å². The van der Waals surface area contributed by atoms with Crippen LogP contribution < -0.4 is 5.11 Å². The maximum absolute atomic E-state index is 10.5. The molecular formula is C18H37NO3. The zero-order valence-corrected chi connectivity index (χ0v) is 15.0. The lowest BCUT2D eigenvalue weighted by Crippen LogP contribution is -2.54. The van der Waals surface area contributed by atoms with Crippen molar-refractivity contribution in [1.82, 2.24) is 0 Å². The number of hydrogen-bond acceptors (Lipinski definition) is 3. The minimum absolute atomic E-state index is 0.0515. The summed E-state index contributed by atoms with van der Waals surface area (Å²) in [5.74, 6) is -1.02. The first-order chi connectivity index (χ1) is 10.5. The number of carbonyl (C=O) groups excluding carboxylic acids is 1. The monoisotopic (exact) mass is 315 g/mol. The fraction of sp³-hybridized carbons (Fsp3) is 0.944. The second-order valence-corrected chi connectivity index (χ2v) is 6.67. The van der Waals surface area contributed by atoms with E-state index < -0.39 is 12.1 Å². The smallest absolute Gasteiger partial charge is 0.105 e. The standard InChI is InChI=1S/C18H37NO3/c1-4-7-13-19(14-8-5-2,15-9-6-3)16-17(20)11-10-12-18(21)22/h17,20H,4-16H2,1-3H3. The Kier molecular flexibility index (Phi) is 12.5. The van der Waals surface area contributed by atoms with Gasteiger partial charge in [-0.1, -0.05) is 40.0 Å². The molecule has 0 saturated carbocycles. The number of aliphatic hydroxyl groups excluding tert-OH is 1. The maximum Gasteiger partial charge on any atom is 0.105 e. The summed E-state index contributed by atoms with van der Waals surface area (Å²) in [7, 11) is 0. The minimum Gasteiger partial charge on any atom is -0.550 e. The zero-order valence-electron chi connectivity index (χ0n) is 15.0. The van der Waals surface area contributed by atoms with E-state index in [0.29, 0.717) is 12.8 Å². The second kappa shape index (κ2) is 12.9. The Morgan fingerprint density at radius 1 is 0.955 bits per heavy atom. The van der Waals surface area contributed by atoms with Crippen LogP contribution in [0.4, 0.5) is 0 Å². The molecule has 1 N–H and O–H groups in total. The molecule has 22 heavy (non-hydrogen) atoms. The molecule has 1 atom stereocenters. The van der Waals surface area contributed by atoms with Gasteiger partial charge in [-0.15, -0.1) is 0 Å². The van der Waals surface area contributed by atoms with Gasteiger partial charge in [-0.3, -0.25) is 0 Å². The third-order valence-electron chi connectivity index (χ3n) is 4.47. The fourth-order valence-electron chi connectivity index (χ4n) is 3.11. The number of carbonyl (C=O) groups is 1. The lowest BCUT2D eigenvalue weighted by Gasteiger charge is -2.40. The van der Waals surface area contributed by atoms with E-state index in [9.17, 15) is 15.0 Å². The lowest BCUT2D eigenvalue weighted by molar-refractivity contribution is -0.931. The van der Waals surface area contributed by atoms with Crippen molar-refractivity contribution in [2.45, 2.75) is 84.7 Å². The van der Waals surface area contributed by atoms with Gasteiger partial charge in [0.25, 0.3) is 0 Å². The molecule has 4 nitrogen and oxygen atoms in total. The lowest BCUT2D eigenvalue weighted by atomic mass is 10.1. The van der Waals surface area contributed by atoms with Gasteiger partial charge in [0.2, 0.25) is 0 Å². The van der Waals surface area contributed by atoms with Gasteiger partial charge in [-0.2, -0.15) is 0 Å². The Morgan fingerprint density at radius 2 is 1.41 bits per heavy atom. The molecule has 0 radical (unpaired) electrons. The van der Waals surface area contributed by atoms with Gasteiger partial charge >= 0.3 is 0 Å². The summed E-state index contributed by atoms with van der Waals surface area (Å²) in [6, 6.07) is 0. The number of nitrogens with zero attached hydrogens (tertiary/aromatic N) is 1. The molecule has 0 saturated heterocycles. The van der Waals surface area contributed by atoms with Crippen LogP contribution in [-0.2, 0) is 4.79 Å². The molecule has 0 amide bonds. The number of carboxylic acids is 1. The zero-order chi connectivity index (χ0) is 16.8. The predicted octanol–water partition coefficient (Wildman–Crippen LogP) is 2.48. The van der Waals surface area contributed by atoms with Crippen LogP contribution in [0.3, 0.4) is 0 Å². The highest BCUT2D eigenvalue weighted by molar-refractivity contribution is 5.64. The Bertz CT molecular complexity index is 260. The first-order valence-corrected chi connectivity index (χ1v) is 9.22. The highest BCUT2D eigenvalue weighted by Gasteiger charge is 2.28. The van der Waals surface area contributed by atoms with Gasteiger partial charge in [0.1, 0.15) is 12.6 Å². The predicted molar refractivity (Wildman–Crippen MR) is 89.3 cm³/mol. The van der Waals surface area contributed by atoms with Crippen molar-refractivity contribution in [3.63, 3.8) is 0 Å². The number of carboxylic acid groups (broad SMARTS) is 1. The molecule has 0 aromatic heterocycles. The summed E-state index contributed by atoms with van der Waals surface area (Å²) >= 11 is 0. The summed E-state index contributed by atoms with van der Waals surface area (Å²) in [5, 5.41) is 20.9. The first-order valence-electron chi connectivity index (χ1n) is 9.22. The summed E-state index contributed by atoms with van der Waals surface area (Å²) in [6.07, 6.45) is 7.85. The number of hydrogen-bond donors (Lipinski definition) is 1. The van der Waals surface area contributed by atoms with E-state index >= 15 is 0 Å². The van der Waals surface area contributed by atoms with E-state index in [0.717, 1.165) is 30.7 Å². The van der Waals surface area contributed by atoms with Gasteiger partial charge in [0.15, 0.2) is 0 Å². The highest BCUT2D eigenvalue weighted by Crippen LogP contribution is 2.17. The van der Waals surface area contributed by atoms with E-state index in [1.807, 2.05) is 0 Å². The highest BCUT2D eigenvalue weighted by atomic mass is 16.4. The molecular weight excluding hydrogens is 278 g/mol. The number of unbranched alkanes of at least 4 members (excludes halogenated alkanes) is 3. The average molecular weight is 315 g/mol. The Balaban J connectivity index is 4.64. The molecule has 1 unspecified atom stereocenters. The van der Waals surface area contributed by atoms with Crippen molar-refractivity contribution < 1.29 is 19.5 Å². The van der Waals surface area contributed by atoms with Crippen molar-refractivity contribution in [2.24, 2.45) is 0 Å². The largest absolute Gasteiger partial charge is 0.550 e. The van der Waals surface area contributed by atoms with Gasteiger partial charge in [0, 0.05) is 5.97 Å². The van der Waals surface area contributed by atoms with Crippen LogP contribution in [0, 0.1) is 0 Å². The van der Waals surface area contributed by atoms with Crippen molar-refractivity contribution in [2.75, 3.05) is 26.2 Å². The summed E-state index contributed by atoms with van der Waals surface area (Å²) < 4.78 is 1.00. The molecule has 0 heterocycles. The van der Waals surface area contributed by atoms with Crippen LogP contribution in [0.2, 0.25) is 0 Å². The summed E-state index contributed by atoms with van der Waals surface area (Å²) in [4.78, 5) is 10.5. The van der Waals surface area contributed by atoms with Crippen LogP contribution in [0.15, 0.2) is 0 Å². The van der Waals surface area contributed by atoms with E-state index in [-0.39, 0.29) is 6.42 Å². The molecule has 0 bridgehead atoms. The SMILES string of the molecule is CCCC[N+](CCCC)(CCCC)CC(O)CCCC(=O)[O-]. The Morgan fingerprint density at radius 3 is 1.77 bits per heavy atom. The number of rotatable bonds is 15. The maximum atomic E-state index is 10.5. The summed E-state index contributed by atoms with van der Waals surface area (Å²) in [5.41, 5.74) is 0. The van der Waals surface area contributed by atoms with Gasteiger partial charge in [-0.05, 0) is 38.5 Å². The van der Waals surface area contributed by atoms with Crippen LogP contribution in [-0.4, -0.2) is 47.8 Å². The van der Waals surface area contributed by atoms with Gasteiger partial charge in [-0.25, -0.2) is 0 Å². The van der Waals surface area contributed by atoms with Crippen LogP contribution in [0.5, 0.6) is 0 Å². The normalized spacial score (nSPS) is 13.3. The van der Waals surface area contributed by atoms with E-state index in [1.165, 1.54) is 38.5 Å². The van der Waals surface area contributed by atoms with Crippen molar-refractivity contribution >= 4 is 5.97 Å². The molecule has 0 fully saturated rings. The Hall–Kier alpha value is -0.610. The average Bonchev–Trinajstić information content (AvgIpc) is 2.48. The molecule has 0 aliphatic carbocycles. The van der Waals surface area contributed by atoms with Crippen LogP contribution in [0.25, 0.3) is 0 Å². The second-order valence-electron chi connectivity index (χ2n) is 6.67. The first kappa shape index (κ1) is 21.4. The number of quaternary nitrogens is 1. The minimum atomic E-state index is -1.02. The number of aliphatic hydroxyl groups is 1. The van der Waals surface area contributed by atoms with Gasteiger partial charge < -0.3 is 19.5 Å². The molecule has 0 aliphatic rings. The molecule has 0 rings (SSSR count). The van der Waals surface area contributed by atoms with E-state index in [2.05, 4.69) is 20.8 Å². The quantitative estimate of drug-likeness (QED) is 0.472. The Labute approximate surface area is 137 Å². The van der Waals surface area contributed by atoms with Crippen molar-refractivity contribution in [1.29, 1.82) is 0 Å². The molecule has 0 aromatic carbocycles. The molecule has 4 heteroatoms. The molecule has 0 aromatic rings. The third-order valence-corrected chi connectivity index (χ3v) is 4.47. The number of aliphatic carboxylic acids is 1. The van der Waals surface area contributed by atoms with E-state index in [4.69, 9.17) is 0 Å². The molecule has 0 aliphatic heterocycles. The summed E-state index contributed by atoms with van der Waals surface area (Å²) in [6.45, 7) is 10.8. The van der Waals surface area contributed by atoms with Crippen LogP contribution in [0.1, 0.15) is 78.6 Å². The topological polar surface area (TPSA) is 60.4 Å². The van der Waals surface area contributed by atoms with E-state index in [1.54, 1.807) is 0 Å². The van der Waals surface area contributed by atoms with Gasteiger partial charge in [0.05, 0.1) is 19.6 Å². The third kappa shape index (κ3) is 10.2.